The fraction of sp³-hybridized carbons (Fsp3) is 0.182. The third-order valence-electron chi connectivity index (χ3n) is 2.27. The van der Waals surface area contributed by atoms with E-state index < -0.39 is 0 Å². The summed E-state index contributed by atoms with van der Waals surface area (Å²) in [5, 5.41) is 8.85. The van der Waals surface area contributed by atoms with Gasteiger partial charge in [0.05, 0.1) is 0 Å². The second-order valence-corrected chi connectivity index (χ2v) is 3.73. The van der Waals surface area contributed by atoms with Crippen molar-refractivity contribution >= 4 is 17.5 Å². The van der Waals surface area contributed by atoms with Gasteiger partial charge in [-0.3, -0.25) is 10.1 Å². The van der Waals surface area contributed by atoms with Crippen LogP contribution in [0.2, 0.25) is 0 Å². The van der Waals surface area contributed by atoms with Gasteiger partial charge in [-0.1, -0.05) is 6.07 Å². The summed E-state index contributed by atoms with van der Waals surface area (Å²) in [6.07, 6.45) is 1.34. The summed E-state index contributed by atoms with van der Waals surface area (Å²) >= 11 is 0. The number of aromatic nitrogens is 3. The van der Waals surface area contributed by atoms with Gasteiger partial charge in [0, 0.05) is 25.3 Å². The summed E-state index contributed by atoms with van der Waals surface area (Å²) < 4.78 is 0. The highest BCUT2D eigenvalue weighted by atomic mass is 16.1. The molecule has 2 rings (SSSR count). The maximum absolute atomic E-state index is 11.9. The molecule has 6 heteroatoms. The van der Waals surface area contributed by atoms with Gasteiger partial charge >= 0.3 is 0 Å². The minimum Gasteiger partial charge on any atom is -0.378 e. The highest BCUT2D eigenvalue weighted by Crippen LogP contribution is 2.14. The number of aromatic amines is 1. The maximum Gasteiger partial charge on any atom is 0.258 e. The topological polar surface area (TPSA) is 73.9 Å². The van der Waals surface area contributed by atoms with Gasteiger partial charge in [-0.2, -0.15) is 10.1 Å². The zero-order valence-electron chi connectivity index (χ0n) is 9.64. The number of nitrogens with one attached hydrogen (secondary N) is 2. The van der Waals surface area contributed by atoms with Crippen LogP contribution in [0.3, 0.4) is 0 Å². The third kappa shape index (κ3) is 2.60. The first-order valence-corrected chi connectivity index (χ1v) is 5.11. The summed E-state index contributed by atoms with van der Waals surface area (Å²) in [6.45, 7) is 0. The molecule has 0 aliphatic heterocycles. The number of benzene rings is 1. The van der Waals surface area contributed by atoms with Gasteiger partial charge in [0.2, 0.25) is 5.95 Å². The summed E-state index contributed by atoms with van der Waals surface area (Å²) in [5.74, 6) is 0.121. The van der Waals surface area contributed by atoms with Crippen LogP contribution in [0.4, 0.5) is 11.6 Å². The minimum atomic E-state index is -0.217. The Morgan fingerprint density at radius 2 is 2.24 bits per heavy atom. The van der Waals surface area contributed by atoms with Crippen LogP contribution in [0.1, 0.15) is 10.4 Å². The number of hydrogen-bond acceptors (Lipinski definition) is 4. The van der Waals surface area contributed by atoms with Crippen molar-refractivity contribution < 1.29 is 4.79 Å². The van der Waals surface area contributed by atoms with E-state index >= 15 is 0 Å². The van der Waals surface area contributed by atoms with Crippen molar-refractivity contribution in [1.82, 2.24) is 15.2 Å². The normalized spacial score (nSPS) is 10.0. The molecule has 1 aromatic heterocycles. The number of carbonyl (C=O) groups is 1. The van der Waals surface area contributed by atoms with E-state index in [-0.39, 0.29) is 5.91 Å². The van der Waals surface area contributed by atoms with Crippen molar-refractivity contribution in [2.24, 2.45) is 0 Å². The predicted octanol–water partition coefficient (Wildman–Crippen LogP) is 1.12. The largest absolute Gasteiger partial charge is 0.378 e. The second kappa shape index (κ2) is 4.65. The van der Waals surface area contributed by atoms with Crippen molar-refractivity contribution in [1.29, 1.82) is 0 Å². The third-order valence-corrected chi connectivity index (χ3v) is 2.27. The average Bonchev–Trinajstić information content (AvgIpc) is 2.82. The number of nitrogens with zero attached hydrogens (tertiary/aromatic N) is 3. The zero-order valence-corrected chi connectivity index (χ0v) is 9.64. The molecule has 0 aliphatic carbocycles. The van der Waals surface area contributed by atoms with Crippen LogP contribution in [-0.4, -0.2) is 35.2 Å². The van der Waals surface area contributed by atoms with E-state index in [0.29, 0.717) is 11.5 Å². The Balaban J connectivity index is 2.16. The first-order valence-electron chi connectivity index (χ1n) is 5.11. The van der Waals surface area contributed by atoms with Crippen LogP contribution >= 0.6 is 0 Å². The molecule has 88 valence electrons. The van der Waals surface area contributed by atoms with Gasteiger partial charge < -0.3 is 4.90 Å². The summed E-state index contributed by atoms with van der Waals surface area (Å²) in [5.41, 5.74) is 1.54. The molecule has 6 nitrogen and oxygen atoms in total. The molecule has 1 aromatic carbocycles. The summed E-state index contributed by atoms with van der Waals surface area (Å²) in [7, 11) is 3.85. The Hall–Kier alpha value is -2.37. The van der Waals surface area contributed by atoms with Crippen LogP contribution in [0.5, 0.6) is 0 Å². The molecular weight excluding hydrogens is 218 g/mol. The first-order chi connectivity index (χ1) is 8.16. The molecule has 0 fully saturated rings. The quantitative estimate of drug-likeness (QED) is 0.830. The van der Waals surface area contributed by atoms with Gasteiger partial charge in [0.1, 0.15) is 6.33 Å². The number of rotatable bonds is 3. The van der Waals surface area contributed by atoms with Gasteiger partial charge in [-0.15, -0.1) is 0 Å². The smallest absolute Gasteiger partial charge is 0.258 e. The first kappa shape index (κ1) is 11.1. The Morgan fingerprint density at radius 3 is 2.88 bits per heavy atom. The fourth-order valence-electron chi connectivity index (χ4n) is 1.37. The molecule has 2 N–H and O–H groups in total. The summed E-state index contributed by atoms with van der Waals surface area (Å²) in [6, 6.07) is 7.33. The lowest BCUT2D eigenvalue weighted by Crippen LogP contribution is -2.14. The van der Waals surface area contributed by atoms with Crippen molar-refractivity contribution in [3.05, 3.63) is 36.2 Å². The van der Waals surface area contributed by atoms with E-state index in [2.05, 4.69) is 20.5 Å². The van der Waals surface area contributed by atoms with Crippen LogP contribution < -0.4 is 10.2 Å². The highest BCUT2D eigenvalue weighted by molar-refractivity contribution is 6.03. The Morgan fingerprint density at radius 1 is 1.41 bits per heavy atom. The van der Waals surface area contributed by atoms with Crippen LogP contribution in [-0.2, 0) is 0 Å². The molecule has 0 spiro atoms. The summed E-state index contributed by atoms with van der Waals surface area (Å²) in [4.78, 5) is 17.6. The highest BCUT2D eigenvalue weighted by Gasteiger charge is 2.08. The maximum atomic E-state index is 11.9. The lowest BCUT2D eigenvalue weighted by molar-refractivity contribution is 0.102. The van der Waals surface area contributed by atoms with Gasteiger partial charge in [0.15, 0.2) is 0 Å². The van der Waals surface area contributed by atoms with Crippen LogP contribution in [0.25, 0.3) is 0 Å². The molecule has 2 aromatic rings. The lowest BCUT2D eigenvalue weighted by Gasteiger charge is -2.13. The molecule has 0 unspecified atom stereocenters. The number of amides is 1. The van der Waals surface area contributed by atoms with Gasteiger partial charge in [0.25, 0.3) is 5.91 Å². The lowest BCUT2D eigenvalue weighted by atomic mass is 10.2. The molecule has 0 atom stereocenters. The average molecular weight is 231 g/mol. The van der Waals surface area contributed by atoms with E-state index in [4.69, 9.17) is 0 Å². The molecule has 1 heterocycles. The van der Waals surface area contributed by atoms with Crippen molar-refractivity contribution in [3.63, 3.8) is 0 Å². The van der Waals surface area contributed by atoms with E-state index in [1.165, 1.54) is 6.33 Å². The van der Waals surface area contributed by atoms with Crippen molar-refractivity contribution in [3.8, 4) is 0 Å². The monoisotopic (exact) mass is 231 g/mol. The number of anilines is 2. The molecule has 0 aliphatic rings. The number of carbonyl (C=O) groups excluding carboxylic acids is 1. The SMILES string of the molecule is CN(C)c1cccc(C(=O)Nc2ncn[nH]2)c1. The van der Waals surface area contributed by atoms with E-state index in [1.54, 1.807) is 6.07 Å². The minimum absolute atomic E-state index is 0.217. The molecule has 0 radical (unpaired) electrons. The fourth-order valence-corrected chi connectivity index (χ4v) is 1.37. The second-order valence-electron chi connectivity index (χ2n) is 3.73. The standard InChI is InChI=1S/C11H13N5O/c1-16(2)9-5-3-4-8(6-9)10(17)14-11-12-7-13-15-11/h3-7H,1-2H3,(H2,12,13,14,15,17). The Labute approximate surface area is 98.7 Å². The van der Waals surface area contributed by atoms with Crippen molar-refractivity contribution in [2.45, 2.75) is 0 Å². The molecule has 0 saturated heterocycles. The molecule has 17 heavy (non-hydrogen) atoms. The molecule has 0 saturated carbocycles. The van der Waals surface area contributed by atoms with Crippen LogP contribution in [0, 0.1) is 0 Å². The Bertz CT molecular complexity index is 506. The number of H-pyrrole nitrogens is 1. The zero-order chi connectivity index (χ0) is 12.3. The van der Waals surface area contributed by atoms with Crippen molar-refractivity contribution in [2.75, 3.05) is 24.3 Å². The molecule has 0 bridgehead atoms. The number of hydrogen-bond donors (Lipinski definition) is 2. The molecular formula is C11H13N5O. The van der Waals surface area contributed by atoms with Gasteiger partial charge in [-0.05, 0) is 18.2 Å². The Kier molecular flexibility index (Phi) is 3.04. The van der Waals surface area contributed by atoms with E-state index in [0.717, 1.165) is 5.69 Å². The van der Waals surface area contributed by atoms with E-state index in [1.807, 2.05) is 37.2 Å². The van der Waals surface area contributed by atoms with Crippen LogP contribution in [0.15, 0.2) is 30.6 Å². The predicted molar refractivity (Wildman–Crippen MR) is 65.1 cm³/mol. The van der Waals surface area contributed by atoms with Gasteiger partial charge in [-0.25, -0.2) is 5.10 Å². The molecule has 1 amide bonds. The van der Waals surface area contributed by atoms with E-state index in [9.17, 15) is 4.79 Å².